The van der Waals surface area contributed by atoms with Gasteiger partial charge in [-0.1, -0.05) is 12.1 Å². The summed E-state index contributed by atoms with van der Waals surface area (Å²) >= 11 is 0. The maximum atomic E-state index is 11.3. The van der Waals surface area contributed by atoms with Crippen molar-refractivity contribution in [1.82, 2.24) is 20.1 Å². The Bertz CT molecular complexity index is 659. The number of amides is 1. The number of aromatic nitrogens is 1. The first kappa shape index (κ1) is 18.5. The molecule has 0 aromatic carbocycles. The standard InChI is InChI=1S/C20H28N4O2/c1-3-17(23-11-12-26-14-16(23)2)13-20(22-15-25)24-10-6-8-19(24)18-7-4-5-9-21-18/h3-5,7,9,13,15-16,19H,6,8,10-12,14H2,1-2H3,(H,22,25)/b17-3+,20-13+/t16-,19?/m1/s1. The summed E-state index contributed by atoms with van der Waals surface area (Å²) in [4.78, 5) is 20.4. The molecular formula is C20H28N4O2. The average molecular weight is 356 g/mol. The molecule has 2 aliphatic heterocycles. The molecule has 6 nitrogen and oxygen atoms in total. The molecule has 0 spiro atoms. The lowest BCUT2D eigenvalue weighted by Gasteiger charge is -2.37. The summed E-state index contributed by atoms with van der Waals surface area (Å²) in [5.41, 5.74) is 2.15. The molecular weight excluding hydrogens is 328 g/mol. The van der Waals surface area contributed by atoms with Gasteiger partial charge in [0.05, 0.1) is 24.9 Å². The molecule has 0 aliphatic carbocycles. The van der Waals surface area contributed by atoms with Crippen LogP contribution in [0, 0.1) is 0 Å². The zero-order chi connectivity index (χ0) is 18.4. The van der Waals surface area contributed by atoms with Crippen molar-refractivity contribution in [2.75, 3.05) is 26.3 Å². The summed E-state index contributed by atoms with van der Waals surface area (Å²) in [6.07, 6.45) is 8.88. The number of rotatable bonds is 6. The van der Waals surface area contributed by atoms with Crippen LogP contribution in [0.15, 0.2) is 48.1 Å². The maximum absolute atomic E-state index is 11.3. The molecule has 1 amide bonds. The summed E-state index contributed by atoms with van der Waals surface area (Å²) in [7, 11) is 0. The van der Waals surface area contributed by atoms with Crippen LogP contribution in [0.5, 0.6) is 0 Å². The third kappa shape index (κ3) is 4.07. The van der Waals surface area contributed by atoms with Gasteiger partial charge in [-0.05, 0) is 38.8 Å². The molecule has 2 aliphatic rings. The largest absolute Gasteiger partial charge is 0.377 e. The smallest absolute Gasteiger partial charge is 0.212 e. The van der Waals surface area contributed by atoms with Gasteiger partial charge in [-0.15, -0.1) is 0 Å². The van der Waals surface area contributed by atoms with Gasteiger partial charge in [-0.2, -0.15) is 0 Å². The van der Waals surface area contributed by atoms with Crippen molar-refractivity contribution in [2.24, 2.45) is 0 Å². The predicted molar refractivity (Wildman–Crippen MR) is 101 cm³/mol. The van der Waals surface area contributed by atoms with Crippen molar-refractivity contribution in [3.63, 3.8) is 0 Å². The van der Waals surface area contributed by atoms with E-state index in [0.717, 1.165) is 62.8 Å². The van der Waals surface area contributed by atoms with E-state index in [4.69, 9.17) is 4.74 Å². The Morgan fingerprint density at radius 2 is 2.23 bits per heavy atom. The Balaban J connectivity index is 1.87. The fourth-order valence-electron chi connectivity index (χ4n) is 3.79. The van der Waals surface area contributed by atoms with E-state index >= 15 is 0 Å². The number of hydrogen-bond acceptors (Lipinski definition) is 5. The molecule has 1 aromatic rings. The number of morpholine rings is 1. The summed E-state index contributed by atoms with van der Waals surface area (Å²) in [6, 6.07) is 6.51. The lowest BCUT2D eigenvalue weighted by molar-refractivity contribution is -0.109. The number of hydrogen-bond donors (Lipinski definition) is 1. The zero-order valence-electron chi connectivity index (χ0n) is 15.6. The molecule has 1 N–H and O–H groups in total. The molecule has 3 rings (SSSR count). The normalized spacial score (nSPS) is 24.7. The van der Waals surface area contributed by atoms with Crippen LogP contribution in [0.1, 0.15) is 38.4 Å². The van der Waals surface area contributed by atoms with Crippen molar-refractivity contribution < 1.29 is 9.53 Å². The summed E-state index contributed by atoms with van der Waals surface area (Å²) in [6.45, 7) is 7.41. The fourth-order valence-corrected chi connectivity index (χ4v) is 3.79. The van der Waals surface area contributed by atoms with Crippen LogP contribution in [-0.2, 0) is 9.53 Å². The van der Waals surface area contributed by atoms with E-state index in [-0.39, 0.29) is 6.04 Å². The monoisotopic (exact) mass is 356 g/mol. The Labute approximate surface area is 155 Å². The molecule has 0 saturated carbocycles. The van der Waals surface area contributed by atoms with Gasteiger partial charge in [0.2, 0.25) is 6.41 Å². The Morgan fingerprint density at radius 3 is 2.92 bits per heavy atom. The van der Waals surface area contributed by atoms with Crippen LogP contribution < -0.4 is 5.32 Å². The zero-order valence-corrected chi connectivity index (χ0v) is 15.6. The van der Waals surface area contributed by atoms with Crippen molar-refractivity contribution in [3.8, 4) is 0 Å². The van der Waals surface area contributed by atoms with Gasteiger partial charge in [-0.3, -0.25) is 9.78 Å². The second-order valence-corrected chi connectivity index (χ2v) is 6.73. The highest BCUT2D eigenvalue weighted by molar-refractivity contribution is 5.50. The van der Waals surface area contributed by atoms with E-state index < -0.39 is 0 Å². The minimum atomic E-state index is 0.190. The molecule has 26 heavy (non-hydrogen) atoms. The topological polar surface area (TPSA) is 57.7 Å². The van der Waals surface area contributed by atoms with Crippen LogP contribution in [0.4, 0.5) is 0 Å². The maximum Gasteiger partial charge on any atom is 0.212 e. The van der Waals surface area contributed by atoms with Crippen molar-refractivity contribution in [3.05, 3.63) is 53.8 Å². The molecule has 3 heterocycles. The first-order valence-electron chi connectivity index (χ1n) is 9.34. The third-order valence-corrected chi connectivity index (χ3v) is 5.08. The van der Waals surface area contributed by atoms with Gasteiger partial charge in [0.1, 0.15) is 5.82 Å². The van der Waals surface area contributed by atoms with Gasteiger partial charge < -0.3 is 19.9 Å². The van der Waals surface area contributed by atoms with Crippen LogP contribution in [-0.4, -0.2) is 53.5 Å². The Kier molecular flexibility index (Phi) is 6.28. The summed E-state index contributed by atoms with van der Waals surface area (Å²) in [5.74, 6) is 0.833. The highest BCUT2D eigenvalue weighted by Crippen LogP contribution is 2.33. The average Bonchev–Trinajstić information content (AvgIpc) is 3.16. The molecule has 6 heteroatoms. The molecule has 2 saturated heterocycles. The molecule has 140 valence electrons. The van der Waals surface area contributed by atoms with E-state index in [0.29, 0.717) is 6.04 Å². The number of carbonyl (C=O) groups is 1. The van der Waals surface area contributed by atoms with E-state index in [9.17, 15) is 4.79 Å². The van der Waals surface area contributed by atoms with Crippen molar-refractivity contribution in [2.45, 2.75) is 38.8 Å². The van der Waals surface area contributed by atoms with Gasteiger partial charge >= 0.3 is 0 Å². The summed E-state index contributed by atoms with van der Waals surface area (Å²) < 4.78 is 5.55. The minimum Gasteiger partial charge on any atom is -0.377 e. The SMILES string of the molecule is C/C=C(\C=C(/NC=O)N1CCCC1c1ccccn1)N1CCOC[C@H]1C. The molecule has 0 radical (unpaired) electrons. The number of likely N-dealkylation sites (tertiary alicyclic amines) is 1. The molecule has 0 bridgehead atoms. The highest BCUT2D eigenvalue weighted by atomic mass is 16.5. The number of ether oxygens (including phenoxy) is 1. The first-order chi connectivity index (χ1) is 12.7. The van der Waals surface area contributed by atoms with Crippen LogP contribution in [0.2, 0.25) is 0 Å². The van der Waals surface area contributed by atoms with E-state index in [1.165, 1.54) is 0 Å². The molecule has 1 aromatic heterocycles. The van der Waals surface area contributed by atoms with E-state index in [1.807, 2.05) is 25.3 Å². The molecule has 2 atom stereocenters. The summed E-state index contributed by atoms with van der Waals surface area (Å²) in [5, 5.41) is 2.92. The van der Waals surface area contributed by atoms with Crippen molar-refractivity contribution in [1.29, 1.82) is 0 Å². The van der Waals surface area contributed by atoms with E-state index in [2.05, 4.69) is 45.2 Å². The minimum absolute atomic E-state index is 0.190. The third-order valence-electron chi connectivity index (χ3n) is 5.08. The Hall–Kier alpha value is -2.34. The van der Waals surface area contributed by atoms with Gasteiger partial charge in [0.15, 0.2) is 0 Å². The number of carbonyl (C=O) groups excluding carboxylic acids is 1. The van der Waals surface area contributed by atoms with E-state index in [1.54, 1.807) is 0 Å². The number of allylic oxidation sites excluding steroid dienone is 2. The second kappa shape index (κ2) is 8.85. The number of pyridine rings is 1. The number of nitrogens with one attached hydrogen (secondary N) is 1. The predicted octanol–water partition coefficient (Wildman–Crippen LogP) is 2.43. The molecule has 1 unspecified atom stereocenters. The van der Waals surface area contributed by atoms with Gasteiger partial charge in [0, 0.05) is 37.1 Å². The van der Waals surface area contributed by atoms with Crippen LogP contribution in [0.3, 0.4) is 0 Å². The first-order valence-corrected chi connectivity index (χ1v) is 9.34. The highest BCUT2D eigenvalue weighted by Gasteiger charge is 2.29. The van der Waals surface area contributed by atoms with Crippen LogP contribution in [0.25, 0.3) is 0 Å². The molecule has 2 fully saturated rings. The lowest BCUT2D eigenvalue weighted by Crippen LogP contribution is -2.43. The lowest BCUT2D eigenvalue weighted by atomic mass is 10.1. The van der Waals surface area contributed by atoms with Gasteiger partial charge in [-0.25, -0.2) is 0 Å². The quantitative estimate of drug-likeness (QED) is 0.627. The van der Waals surface area contributed by atoms with Crippen molar-refractivity contribution >= 4 is 6.41 Å². The second-order valence-electron chi connectivity index (χ2n) is 6.73. The van der Waals surface area contributed by atoms with Gasteiger partial charge in [0.25, 0.3) is 0 Å². The fraction of sp³-hybridized carbons (Fsp3) is 0.500. The number of nitrogens with zero attached hydrogens (tertiary/aromatic N) is 3. The van der Waals surface area contributed by atoms with Crippen LogP contribution >= 0.6 is 0 Å². The Morgan fingerprint density at radius 1 is 1.35 bits per heavy atom.